The summed E-state index contributed by atoms with van der Waals surface area (Å²) in [4.78, 5) is 23.4. The average Bonchev–Trinajstić information content (AvgIpc) is 2.62. The molecule has 0 bridgehead atoms. The van der Waals surface area contributed by atoms with Crippen LogP contribution in [-0.4, -0.2) is 18.0 Å². The molecule has 1 unspecified atom stereocenters. The number of fused-ring (bicyclic) bond motifs is 1. The number of rotatable bonds is 4. The third-order valence-corrected chi connectivity index (χ3v) is 4.02. The summed E-state index contributed by atoms with van der Waals surface area (Å²) in [5, 5.41) is 13.2. The maximum Gasteiger partial charge on any atom is 0.317 e. The molecule has 0 N–H and O–H groups in total. The molecule has 5 nitrogen and oxygen atoms in total. The molecule has 0 aliphatic rings. The number of ether oxygens (including phenoxy) is 1. The van der Waals surface area contributed by atoms with E-state index < -0.39 is 16.8 Å². The number of benzene rings is 3. The first kappa shape index (κ1) is 15.7. The zero-order valence-corrected chi connectivity index (χ0v) is 13.0. The molecule has 1 atom stereocenters. The topological polar surface area (TPSA) is 69.4 Å². The number of nitro groups is 1. The minimum absolute atomic E-state index is 0.0964. The van der Waals surface area contributed by atoms with E-state index in [0.717, 1.165) is 10.8 Å². The Kier molecular flexibility index (Phi) is 4.24. The number of nitro benzene ring substituents is 1. The van der Waals surface area contributed by atoms with E-state index in [0.29, 0.717) is 11.1 Å². The van der Waals surface area contributed by atoms with E-state index >= 15 is 0 Å². The second kappa shape index (κ2) is 6.50. The third-order valence-electron chi connectivity index (χ3n) is 4.02. The highest BCUT2D eigenvalue weighted by Crippen LogP contribution is 2.36. The van der Waals surface area contributed by atoms with Crippen LogP contribution in [0.4, 0.5) is 5.69 Å². The van der Waals surface area contributed by atoms with E-state index in [-0.39, 0.29) is 5.69 Å². The van der Waals surface area contributed by atoms with Gasteiger partial charge in [-0.1, -0.05) is 60.7 Å². The molecule has 0 spiro atoms. The monoisotopic (exact) mass is 321 g/mol. The lowest BCUT2D eigenvalue weighted by molar-refractivity contribution is -0.385. The Morgan fingerprint density at radius 2 is 1.58 bits per heavy atom. The Hall–Kier alpha value is -3.21. The van der Waals surface area contributed by atoms with Crippen molar-refractivity contribution in [3.05, 3.63) is 88.0 Å². The van der Waals surface area contributed by atoms with Gasteiger partial charge in [0.2, 0.25) is 0 Å². The van der Waals surface area contributed by atoms with Crippen molar-refractivity contribution in [1.29, 1.82) is 0 Å². The predicted octanol–water partition coefficient (Wildman–Crippen LogP) is 4.05. The van der Waals surface area contributed by atoms with Crippen LogP contribution in [0.2, 0.25) is 0 Å². The van der Waals surface area contributed by atoms with Crippen molar-refractivity contribution in [3.8, 4) is 0 Å². The highest BCUT2D eigenvalue weighted by Gasteiger charge is 2.31. The lowest BCUT2D eigenvalue weighted by atomic mass is 9.87. The number of nitrogens with zero attached hydrogens (tertiary/aromatic N) is 1. The van der Waals surface area contributed by atoms with Gasteiger partial charge in [0.05, 0.1) is 12.0 Å². The van der Waals surface area contributed by atoms with Gasteiger partial charge in [-0.15, -0.1) is 0 Å². The van der Waals surface area contributed by atoms with Crippen LogP contribution >= 0.6 is 0 Å². The van der Waals surface area contributed by atoms with Gasteiger partial charge in [-0.2, -0.15) is 0 Å². The molecule has 0 radical (unpaired) electrons. The molecule has 0 aromatic heterocycles. The molecule has 24 heavy (non-hydrogen) atoms. The van der Waals surface area contributed by atoms with Crippen LogP contribution < -0.4 is 0 Å². The molecular formula is C19H15NO4. The third kappa shape index (κ3) is 2.72. The van der Waals surface area contributed by atoms with Gasteiger partial charge < -0.3 is 4.74 Å². The van der Waals surface area contributed by atoms with Crippen LogP contribution in [0.25, 0.3) is 10.8 Å². The summed E-state index contributed by atoms with van der Waals surface area (Å²) in [6.07, 6.45) is 0. The van der Waals surface area contributed by atoms with Crippen molar-refractivity contribution in [2.75, 3.05) is 7.11 Å². The molecule has 0 saturated heterocycles. The fourth-order valence-corrected chi connectivity index (χ4v) is 2.94. The molecule has 0 amide bonds. The molecule has 0 fully saturated rings. The van der Waals surface area contributed by atoms with Crippen molar-refractivity contribution < 1.29 is 14.5 Å². The second-order valence-electron chi connectivity index (χ2n) is 5.34. The highest BCUT2D eigenvalue weighted by molar-refractivity contribution is 5.93. The molecule has 3 aromatic carbocycles. The quantitative estimate of drug-likeness (QED) is 0.413. The number of hydrogen-bond donors (Lipinski definition) is 0. The van der Waals surface area contributed by atoms with Crippen LogP contribution in [0.15, 0.2) is 66.7 Å². The Labute approximate surface area is 138 Å². The number of carbonyl (C=O) groups is 1. The molecule has 3 rings (SSSR count). The van der Waals surface area contributed by atoms with E-state index in [2.05, 4.69) is 0 Å². The van der Waals surface area contributed by atoms with Gasteiger partial charge in [-0.25, -0.2) is 0 Å². The van der Waals surface area contributed by atoms with Crippen LogP contribution in [0.1, 0.15) is 17.0 Å². The summed E-state index contributed by atoms with van der Waals surface area (Å²) in [5.74, 6) is -1.39. The van der Waals surface area contributed by atoms with Gasteiger partial charge in [0, 0.05) is 11.6 Å². The summed E-state index contributed by atoms with van der Waals surface area (Å²) in [6.45, 7) is 0. The highest BCUT2D eigenvalue weighted by atomic mass is 16.6. The lowest BCUT2D eigenvalue weighted by Gasteiger charge is -2.17. The van der Waals surface area contributed by atoms with Gasteiger partial charge in [0.15, 0.2) is 0 Å². The first-order valence-electron chi connectivity index (χ1n) is 7.42. The Morgan fingerprint density at radius 3 is 2.33 bits per heavy atom. The van der Waals surface area contributed by atoms with Gasteiger partial charge in [-0.05, 0) is 16.3 Å². The summed E-state index contributed by atoms with van der Waals surface area (Å²) >= 11 is 0. The number of carbonyl (C=O) groups excluding carboxylic acids is 1. The number of methoxy groups -OCH3 is 1. The van der Waals surface area contributed by atoms with Crippen LogP contribution in [0.5, 0.6) is 0 Å². The van der Waals surface area contributed by atoms with Crippen molar-refractivity contribution in [2.24, 2.45) is 0 Å². The standard InChI is InChI=1S/C19H15NO4/c1-24-19(21)18(16-10-4-5-12-17(16)20(22)23)15-11-6-8-13-7-2-3-9-14(13)15/h2-12,18H,1H3. The van der Waals surface area contributed by atoms with Crippen molar-refractivity contribution in [1.82, 2.24) is 0 Å². The zero-order valence-electron chi connectivity index (χ0n) is 13.0. The largest absolute Gasteiger partial charge is 0.468 e. The second-order valence-corrected chi connectivity index (χ2v) is 5.34. The number of esters is 1. The van der Waals surface area contributed by atoms with E-state index in [1.54, 1.807) is 24.3 Å². The SMILES string of the molecule is COC(=O)C(c1ccccc1[N+](=O)[O-])c1cccc2ccccc12. The first-order valence-corrected chi connectivity index (χ1v) is 7.42. The molecule has 5 heteroatoms. The lowest BCUT2D eigenvalue weighted by Crippen LogP contribution is -2.17. The fourth-order valence-electron chi connectivity index (χ4n) is 2.94. The van der Waals surface area contributed by atoms with E-state index in [4.69, 9.17) is 4.74 Å². The van der Waals surface area contributed by atoms with E-state index in [1.165, 1.54) is 13.2 Å². The molecule has 0 saturated carbocycles. The summed E-state index contributed by atoms with van der Waals surface area (Å²) in [6, 6.07) is 19.5. The minimum atomic E-state index is -0.859. The molecule has 0 heterocycles. The van der Waals surface area contributed by atoms with Crippen LogP contribution in [0, 0.1) is 10.1 Å². The number of hydrogen-bond acceptors (Lipinski definition) is 4. The predicted molar refractivity (Wildman–Crippen MR) is 90.9 cm³/mol. The average molecular weight is 321 g/mol. The van der Waals surface area contributed by atoms with Crippen LogP contribution in [0.3, 0.4) is 0 Å². The van der Waals surface area contributed by atoms with Gasteiger partial charge >= 0.3 is 5.97 Å². The molecule has 3 aromatic rings. The normalized spacial score (nSPS) is 11.9. The Bertz CT molecular complexity index is 915. The van der Waals surface area contributed by atoms with Gasteiger partial charge in [0.25, 0.3) is 5.69 Å². The molecule has 0 aliphatic carbocycles. The smallest absolute Gasteiger partial charge is 0.317 e. The summed E-state index contributed by atoms with van der Waals surface area (Å²) in [5.41, 5.74) is 0.917. The maximum absolute atomic E-state index is 12.5. The van der Waals surface area contributed by atoms with Crippen LogP contribution in [-0.2, 0) is 9.53 Å². The molecule has 0 aliphatic heterocycles. The molecule has 120 valence electrons. The Morgan fingerprint density at radius 1 is 0.958 bits per heavy atom. The van der Waals surface area contributed by atoms with Crippen molar-refractivity contribution in [2.45, 2.75) is 5.92 Å². The number of para-hydroxylation sites is 1. The first-order chi connectivity index (χ1) is 11.6. The molecular weight excluding hydrogens is 306 g/mol. The van der Waals surface area contributed by atoms with Crippen molar-refractivity contribution >= 4 is 22.4 Å². The Balaban J connectivity index is 2.29. The summed E-state index contributed by atoms with van der Waals surface area (Å²) in [7, 11) is 1.29. The minimum Gasteiger partial charge on any atom is -0.468 e. The van der Waals surface area contributed by atoms with Gasteiger partial charge in [0.1, 0.15) is 5.92 Å². The van der Waals surface area contributed by atoms with Gasteiger partial charge in [-0.3, -0.25) is 14.9 Å². The zero-order chi connectivity index (χ0) is 17.1. The fraction of sp³-hybridized carbons (Fsp3) is 0.105. The maximum atomic E-state index is 12.5. The van der Waals surface area contributed by atoms with Crippen molar-refractivity contribution in [3.63, 3.8) is 0 Å². The van der Waals surface area contributed by atoms with E-state index in [1.807, 2.05) is 36.4 Å². The van der Waals surface area contributed by atoms with E-state index in [9.17, 15) is 14.9 Å². The summed E-state index contributed by atoms with van der Waals surface area (Å²) < 4.78 is 4.94.